The lowest BCUT2D eigenvalue weighted by atomic mass is 10.1. The summed E-state index contributed by atoms with van der Waals surface area (Å²) in [5.41, 5.74) is 6.48. The minimum Gasteiger partial charge on any atom is -0.475 e. The van der Waals surface area contributed by atoms with Crippen LogP contribution in [0.2, 0.25) is 0 Å². The zero-order valence-electron chi connectivity index (χ0n) is 12.3. The van der Waals surface area contributed by atoms with Gasteiger partial charge in [0.1, 0.15) is 6.61 Å². The Morgan fingerprint density at radius 1 is 1.25 bits per heavy atom. The molecule has 1 rings (SSSR count). The standard InChI is InChI=1S/C14H25N3O3/c1-18-8-9-20-14-6-5-12(10-16-14)17-13(11-19-2)4-3-7-15/h5-6,10,13,17H,3-4,7-9,11,15H2,1-2H3. The predicted molar refractivity (Wildman–Crippen MR) is 79.2 cm³/mol. The number of hydrogen-bond acceptors (Lipinski definition) is 6. The van der Waals surface area contributed by atoms with E-state index in [9.17, 15) is 0 Å². The molecular weight excluding hydrogens is 258 g/mol. The highest BCUT2D eigenvalue weighted by Crippen LogP contribution is 2.14. The summed E-state index contributed by atoms with van der Waals surface area (Å²) >= 11 is 0. The van der Waals surface area contributed by atoms with Crippen LogP contribution in [0.1, 0.15) is 12.8 Å². The third-order valence-electron chi connectivity index (χ3n) is 2.77. The summed E-state index contributed by atoms with van der Waals surface area (Å²) < 4.78 is 15.5. The molecule has 1 aromatic heterocycles. The lowest BCUT2D eigenvalue weighted by Gasteiger charge is -2.18. The van der Waals surface area contributed by atoms with Crippen LogP contribution in [-0.2, 0) is 9.47 Å². The topological polar surface area (TPSA) is 78.6 Å². The number of ether oxygens (including phenoxy) is 3. The molecule has 6 nitrogen and oxygen atoms in total. The van der Waals surface area contributed by atoms with Crippen LogP contribution in [0, 0.1) is 0 Å². The Labute approximate surface area is 120 Å². The molecule has 0 amide bonds. The summed E-state index contributed by atoms with van der Waals surface area (Å²) in [7, 11) is 3.34. The Morgan fingerprint density at radius 2 is 2.10 bits per heavy atom. The summed E-state index contributed by atoms with van der Waals surface area (Å²) in [4.78, 5) is 4.24. The first-order chi connectivity index (χ1) is 9.80. The molecule has 114 valence electrons. The van der Waals surface area contributed by atoms with Crippen molar-refractivity contribution in [2.45, 2.75) is 18.9 Å². The lowest BCUT2D eigenvalue weighted by molar-refractivity contribution is 0.144. The Bertz CT molecular complexity index is 346. The van der Waals surface area contributed by atoms with E-state index in [2.05, 4.69) is 10.3 Å². The second kappa shape index (κ2) is 10.4. The Morgan fingerprint density at radius 3 is 2.70 bits per heavy atom. The van der Waals surface area contributed by atoms with E-state index >= 15 is 0 Å². The number of anilines is 1. The van der Waals surface area contributed by atoms with Gasteiger partial charge in [0.15, 0.2) is 0 Å². The number of rotatable bonds is 11. The van der Waals surface area contributed by atoms with E-state index in [-0.39, 0.29) is 6.04 Å². The molecule has 0 aliphatic carbocycles. The first-order valence-corrected chi connectivity index (χ1v) is 6.83. The van der Waals surface area contributed by atoms with Crippen molar-refractivity contribution in [2.24, 2.45) is 5.73 Å². The second-order valence-corrected chi connectivity index (χ2v) is 4.45. The van der Waals surface area contributed by atoms with Gasteiger partial charge in [0, 0.05) is 26.3 Å². The normalized spacial score (nSPS) is 12.2. The van der Waals surface area contributed by atoms with Crippen LogP contribution in [0.25, 0.3) is 0 Å². The van der Waals surface area contributed by atoms with Gasteiger partial charge in [-0.15, -0.1) is 0 Å². The number of nitrogens with one attached hydrogen (secondary N) is 1. The fourth-order valence-electron chi connectivity index (χ4n) is 1.78. The van der Waals surface area contributed by atoms with Gasteiger partial charge in [-0.25, -0.2) is 4.98 Å². The van der Waals surface area contributed by atoms with Gasteiger partial charge in [-0.1, -0.05) is 0 Å². The number of nitrogens with two attached hydrogens (primary N) is 1. The zero-order valence-corrected chi connectivity index (χ0v) is 12.3. The van der Waals surface area contributed by atoms with E-state index in [0.29, 0.717) is 32.2 Å². The minimum atomic E-state index is 0.241. The van der Waals surface area contributed by atoms with Crippen molar-refractivity contribution in [1.82, 2.24) is 4.98 Å². The van der Waals surface area contributed by atoms with Crippen molar-refractivity contribution < 1.29 is 14.2 Å². The van der Waals surface area contributed by atoms with Crippen LogP contribution < -0.4 is 15.8 Å². The maximum Gasteiger partial charge on any atom is 0.213 e. The summed E-state index contributed by atoms with van der Waals surface area (Å²) in [6, 6.07) is 4.02. The SMILES string of the molecule is COCCOc1ccc(NC(CCCN)COC)cn1. The molecule has 0 saturated carbocycles. The summed E-state index contributed by atoms with van der Waals surface area (Å²) in [6.45, 7) is 2.38. The maximum absolute atomic E-state index is 5.54. The van der Waals surface area contributed by atoms with E-state index < -0.39 is 0 Å². The molecule has 6 heteroatoms. The Hall–Kier alpha value is -1.37. The fraction of sp³-hybridized carbons (Fsp3) is 0.643. The highest BCUT2D eigenvalue weighted by Gasteiger charge is 2.08. The molecule has 1 aromatic rings. The van der Waals surface area contributed by atoms with Crippen molar-refractivity contribution in [3.63, 3.8) is 0 Å². The molecular formula is C14H25N3O3. The molecule has 0 aliphatic rings. The highest BCUT2D eigenvalue weighted by atomic mass is 16.5. The molecule has 0 bridgehead atoms. The molecule has 1 unspecified atom stereocenters. The van der Waals surface area contributed by atoms with Gasteiger partial charge in [-0.2, -0.15) is 0 Å². The van der Waals surface area contributed by atoms with Gasteiger partial charge in [-0.05, 0) is 25.5 Å². The van der Waals surface area contributed by atoms with Crippen LogP contribution >= 0.6 is 0 Å². The molecule has 0 aromatic carbocycles. The lowest BCUT2D eigenvalue weighted by Crippen LogP contribution is -2.25. The van der Waals surface area contributed by atoms with Crippen LogP contribution in [0.15, 0.2) is 18.3 Å². The molecule has 0 aliphatic heterocycles. The predicted octanol–water partition coefficient (Wildman–Crippen LogP) is 1.27. The van der Waals surface area contributed by atoms with E-state index in [0.717, 1.165) is 18.5 Å². The van der Waals surface area contributed by atoms with Crippen molar-refractivity contribution in [2.75, 3.05) is 45.9 Å². The van der Waals surface area contributed by atoms with Gasteiger partial charge in [-0.3, -0.25) is 0 Å². The van der Waals surface area contributed by atoms with E-state index in [4.69, 9.17) is 19.9 Å². The Kier molecular flexibility index (Phi) is 8.69. The van der Waals surface area contributed by atoms with Gasteiger partial charge >= 0.3 is 0 Å². The maximum atomic E-state index is 5.54. The quantitative estimate of drug-likeness (QED) is 0.596. The summed E-state index contributed by atoms with van der Waals surface area (Å²) in [5, 5.41) is 3.39. The molecule has 1 heterocycles. The van der Waals surface area contributed by atoms with Gasteiger partial charge in [0.2, 0.25) is 5.88 Å². The number of hydrogen-bond donors (Lipinski definition) is 2. The average Bonchev–Trinajstić information content (AvgIpc) is 2.47. The fourth-order valence-corrected chi connectivity index (χ4v) is 1.78. The summed E-state index contributed by atoms with van der Waals surface area (Å²) in [6.07, 6.45) is 3.69. The van der Waals surface area contributed by atoms with Gasteiger partial charge < -0.3 is 25.3 Å². The minimum absolute atomic E-state index is 0.241. The van der Waals surface area contributed by atoms with Crippen LogP contribution in [0.3, 0.4) is 0 Å². The van der Waals surface area contributed by atoms with Crippen molar-refractivity contribution >= 4 is 5.69 Å². The molecule has 3 N–H and O–H groups in total. The first kappa shape index (κ1) is 16.7. The smallest absolute Gasteiger partial charge is 0.213 e. The number of methoxy groups -OCH3 is 2. The first-order valence-electron chi connectivity index (χ1n) is 6.83. The number of pyridine rings is 1. The van der Waals surface area contributed by atoms with Crippen LogP contribution in [0.4, 0.5) is 5.69 Å². The molecule has 20 heavy (non-hydrogen) atoms. The third-order valence-corrected chi connectivity index (χ3v) is 2.77. The van der Waals surface area contributed by atoms with Crippen molar-refractivity contribution in [3.8, 4) is 5.88 Å². The second-order valence-electron chi connectivity index (χ2n) is 4.45. The number of nitrogens with zero attached hydrogens (tertiary/aromatic N) is 1. The summed E-state index contributed by atoms with van der Waals surface area (Å²) in [5.74, 6) is 0.595. The van der Waals surface area contributed by atoms with E-state index in [1.54, 1.807) is 20.4 Å². The van der Waals surface area contributed by atoms with Gasteiger partial charge in [0.25, 0.3) is 0 Å². The van der Waals surface area contributed by atoms with E-state index in [1.165, 1.54) is 0 Å². The number of aromatic nitrogens is 1. The third kappa shape index (κ3) is 6.70. The van der Waals surface area contributed by atoms with Crippen LogP contribution in [-0.4, -0.2) is 51.6 Å². The molecule has 0 saturated heterocycles. The average molecular weight is 283 g/mol. The largest absolute Gasteiger partial charge is 0.475 e. The molecule has 0 radical (unpaired) electrons. The molecule has 0 fully saturated rings. The molecule has 1 atom stereocenters. The zero-order chi connectivity index (χ0) is 14.6. The van der Waals surface area contributed by atoms with Gasteiger partial charge in [0.05, 0.1) is 25.1 Å². The van der Waals surface area contributed by atoms with E-state index in [1.807, 2.05) is 12.1 Å². The highest BCUT2D eigenvalue weighted by molar-refractivity contribution is 5.43. The van der Waals surface area contributed by atoms with Crippen molar-refractivity contribution in [3.05, 3.63) is 18.3 Å². The monoisotopic (exact) mass is 283 g/mol. The Balaban J connectivity index is 2.45. The molecule has 0 spiro atoms. The van der Waals surface area contributed by atoms with Crippen molar-refractivity contribution in [1.29, 1.82) is 0 Å². The van der Waals surface area contributed by atoms with Crippen LogP contribution in [0.5, 0.6) is 5.88 Å².